The van der Waals surface area contributed by atoms with Crippen molar-refractivity contribution in [1.82, 2.24) is 14.9 Å². The Kier molecular flexibility index (Phi) is 3.97. The van der Waals surface area contributed by atoms with Gasteiger partial charge in [0.1, 0.15) is 5.82 Å². The molecule has 3 rings (SSSR count). The van der Waals surface area contributed by atoms with Crippen molar-refractivity contribution in [3.05, 3.63) is 58.5 Å². The van der Waals surface area contributed by atoms with Crippen LogP contribution in [-0.2, 0) is 0 Å². The highest BCUT2D eigenvalue weighted by Crippen LogP contribution is 2.29. The number of aromatic nitrogens is 2. The Morgan fingerprint density at radius 1 is 1.35 bits per heavy atom. The Morgan fingerprint density at radius 2 is 2.13 bits per heavy atom. The molecule has 1 amide bonds. The monoisotopic (exact) mass is 382 g/mol. The maximum absolute atomic E-state index is 14.6. The number of rotatable bonds is 3. The highest BCUT2D eigenvalue weighted by molar-refractivity contribution is 9.10. The fourth-order valence-corrected chi connectivity index (χ4v) is 2.43. The van der Waals surface area contributed by atoms with Gasteiger partial charge in [0.15, 0.2) is 11.5 Å². The van der Waals surface area contributed by atoms with Crippen LogP contribution in [0.1, 0.15) is 10.4 Å². The van der Waals surface area contributed by atoms with Crippen LogP contribution in [-0.4, -0.2) is 20.5 Å². The molecule has 0 aliphatic rings. The SMILES string of the molecule is O=C(NO)c1cn2ccnc2c(F)c1Nc1ccc(Br)cc1F. The molecule has 0 saturated carbocycles. The normalized spacial score (nSPS) is 10.8. The van der Waals surface area contributed by atoms with E-state index in [-0.39, 0.29) is 22.6 Å². The molecule has 0 atom stereocenters. The maximum Gasteiger partial charge on any atom is 0.278 e. The number of hydroxylamine groups is 1. The average Bonchev–Trinajstić information content (AvgIpc) is 3.00. The number of fused-ring (bicyclic) bond motifs is 1. The molecule has 118 valence electrons. The number of nitrogens with zero attached hydrogens (tertiary/aromatic N) is 2. The molecule has 0 aliphatic heterocycles. The van der Waals surface area contributed by atoms with Crippen LogP contribution < -0.4 is 10.8 Å². The van der Waals surface area contributed by atoms with Crippen LogP contribution in [0.5, 0.6) is 0 Å². The van der Waals surface area contributed by atoms with Gasteiger partial charge in [-0.05, 0) is 18.2 Å². The third kappa shape index (κ3) is 2.76. The molecule has 0 spiro atoms. The smallest absolute Gasteiger partial charge is 0.278 e. The van der Waals surface area contributed by atoms with Crippen molar-refractivity contribution in [1.29, 1.82) is 0 Å². The number of benzene rings is 1. The summed E-state index contributed by atoms with van der Waals surface area (Å²) in [5, 5.41) is 11.4. The van der Waals surface area contributed by atoms with E-state index in [0.717, 1.165) is 0 Å². The van der Waals surface area contributed by atoms with Gasteiger partial charge >= 0.3 is 0 Å². The van der Waals surface area contributed by atoms with Gasteiger partial charge in [0.05, 0.1) is 16.9 Å². The number of halogens is 3. The number of hydrogen-bond acceptors (Lipinski definition) is 4. The van der Waals surface area contributed by atoms with Gasteiger partial charge in [-0.25, -0.2) is 19.2 Å². The van der Waals surface area contributed by atoms with Crippen LogP contribution in [0.4, 0.5) is 20.2 Å². The number of pyridine rings is 1. The van der Waals surface area contributed by atoms with Crippen molar-refractivity contribution >= 4 is 38.9 Å². The Morgan fingerprint density at radius 3 is 2.83 bits per heavy atom. The molecule has 23 heavy (non-hydrogen) atoms. The molecular formula is C14H9BrF2N4O2. The molecule has 0 saturated heterocycles. The molecule has 1 aromatic carbocycles. The van der Waals surface area contributed by atoms with E-state index in [1.54, 1.807) is 6.07 Å². The van der Waals surface area contributed by atoms with Gasteiger partial charge in [0, 0.05) is 23.1 Å². The van der Waals surface area contributed by atoms with E-state index in [1.807, 2.05) is 0 Å². The second-order valence-corrected chi connectivity index (χ2v) is 5.50. The molecule has 3 aromatic rings. The second kappa shape index (κ2) is 5.94. The summed E-state index contributed by atoms with van der Waals surface area (Å²) in [6.45, 7) is 0. The topological polar surface area (TPSA) is 78.7 Å². The summed E-state index contributed by atoms with van der Waals surface area (Å²) in [6.07, 6.45) is 4.07. The zero-order chi connectivity index (χ0) is 16.6. The third-order valence-corrected chi connectivity index (χ3v) is 3.65. The van der Waals surface area contributed by atoms with Crippen LogP contribution in [0, 0.1) is 11.6 Å². The summed E-state index contributed by atoms with van der Waals surface area (Å²) in [5.74, 6) is -2.43. The number of imidazole rings is 1. The van der Waals surface area contributed by atoms with E-state index in [9.17, 15) is 13.6 Å². The van der Waals surface area contributed by atoms with Gasteiger partial charge in [-0.3, -0.25) is 10.0 Å². The lowest BCUT2D eigenvalue weighted by molar-refractivity contribution is 0.0706. The van der Waals surface area contributed by atoms with Crippen LogP contribution in [0.15, 0.2) is 41.3 Å². The lowest BCUT2D eigenvalue weighted by Gasteiger charge is -2.14. The Hall–Kier alpha value is -2.52. The predicted molar refractivity (Wildman–Crippen MR) is 81.8 cm³/mol. The average molecular weight is 383 g/mol. The molecule has 0 fully saturated rings. The second-order valence-electron chi connectivity index (χ2n) is 4.58. The fourth-order valence-electron chi connectivity index (χ4n) is 2.10. The van der Waals surface area contributed by atoms with Gasteiger partial charge in [0.25, 0.3) is 5.91 Å². The third-order valence-electron chi connectivity index (χ3n) is 3.16. The first kappa shape index (κ1) is 15.4. The van der Waals surface area contributed by atoms with Crippen LogP contribution in [0.3, 0.4) is 0 Å². The molecule has 2 aromatic heterocycles. The summed E-state index contributed by atoms with van der Waals surface area (Å²) in [7, 11) is 0. The summed E-state index contributed by atoms with van der Waals surface area (Å²) in [6, 6.07) is 4.14. The van der Waals surface area contributed by atoms with Crippen LogP contribution in [0.25, 0.3) is 5.65 Å². The van der Waals surface area contributed by atoms with Crippen LogP contribution >= 0.6 is 15.9 Å². The molecule has 0 bridgehead atoms. The first-order valence-corrected chi connectivity index (χ1v) is 7.12. The van der Waals surface area contributed by atoms with Crippen molar-refractivity contribution in [2.75, 3.05) is 5.32 Å². The zero-order valence-electron chi connectivity index (χ0n) is 11.3. The number of carbonyl (C=O) groups is 1. The summed E-state index contributed by atoms with van der Waals surface area (Å²) in [4.78, 5) is 15.6. The molecule has 0 unspecified atom stereocenters. The molecule has 6 nitrogen and oxygen atoms in total. The number of carbonyl (C=O) groups excluding carboxylic acids is 1. The Balaban J connectivity index is 2.17. The lowest BCUT2D eigenvalue weighted by atomic mass is 10.2. The molecule has 0 radical (unpaired) electrons. The quantitative estimate of drug-likeness (QED) is 0.479. The summed E-state index contributed by atoms with van der Waals surface area (Å²) < 4.78 is 30.4. The van der Waals surface area contributed by atoms with E-state index in [2.05, 4.69) is 26.2 Å². The number of anilines is 2. The van der Waals surface area contributed by atoms with Crippen molar-refractivity contribution in [3.63, 3.8) is 0 Å². The maximum atomic E-state index is 14.6. The van der Waals surface area contributed by atoms with Gasteiger partial charge < -0.3 is 9.72 Å². The van der Waals surface area contributed by atoms with E-state index < -0.39 is 17.5 Å². The first-order chi connectivity index (χ1) is 11.0. The minimum atomic E-state index is -0.945. The van der Waals surface area contributed by atoms with E-state index in [0.29, 0.717) is 4.47 Å². The number of nitrogens with one attached hydrogen (secondary N) is 2. The fraction of sp³-hybridized carbons (Fsp3) is 0. The molecule has 0 aliphatic carbocycles. The Labute approximate surface area is 136 Å². The standard InChI is InChI=1S/C14H9BrF2N4O2/c15-7-1-2-10(9(16)5-7)19-12-8(14(22)20-23)6-21-4-3-18-13(21)11(12)17/h1-6,19,23H,(H,20,22). The van der Waals surface area contributed by atoms with E-state index in [1.165, 1.54) is 40.6 Å². The van der Waals surface area contributed by atoms with Gasteiger partial charge in [-0.1, -0.05) is 15.9 Å². The van der Waals surface area contributed by atoms with Gasteiger partial charge in [-0.2, -0.15) is 0 Å². The van der Waals surface area contributed by atoms with Gasteiger partial charge in [0.2, 0.25) is 0 Å². The van der Waals surface area contributed by atoms with Gasteiger partial charge in [-0.15, -0.1) is 0 Å². The molecule has 3 N–H and O–H groups in total. The van der Waals surface area contributed by atoms with Crippen molar-refractivity contribution in [2.45, 2.75) is 0 Å². The Bertz CT molecular complexity index is 913. The minimum absolute atomic E-state index is 0.0324. The van der Waals surface area contributed by atoms with Crippen molar-refractivity contribution < 1.29 is 18.8 Å². The predicted octanol–water partition coefficient (Wildman–Crippen LogP) is 3.24. The van der Waals surface area contributed by atoms with Crippen LogP contribution in [0.2, 0.25) is 0 Å². The van der Waals surface area contributed by atoms with Crippen molar-refractivity contribution in [3.8, 4) is 0 Å². The lowest BCUT2D eigenvalue weighted by Crippen LogP contribution is -2.21. The summed E-state index contributed by atoms with van der Waals surface area (Å²) >= 11 is 3.12. The minimum Gasteiger partial charge on any atom is -0.350 e. The van der Waals surface area contributed by atoms with E-state index in [4.69, 9.17) is 5.21 Å². The number of amides is 1. The highest BCUT2D eigenvalue weighted by Gasteiger charge is 2.20. The molecular weight excluding hydrogens is 374 g/mol. The molecule has 9 heteroatoms. The summed E-state index contributed by atoms with van der Waals surface area (Å²) in [5.41, 5.74) is 0.855. The first-order valence-electron chi connectivity index (χ1n) is 6.33. The number of hydrogen-bond donors (Lipinski definition) is 3. The molecule has 2 heterocycles. The van der Waals surface area contributed by atoms with E-state index >= 15 is 0 Å². The zero-order valence-corrected chi connectivity index (χ0v) is 12.9. The highest BCUT2D eigenvalue weighted by atomic mass is 79.9. The van der Waals surface area contributed by atoms with Crippen molar-refractivity contribution in [2.24, 2.45) is 0 Å². The largest absolute Gasteiger partial charge is 0.350 e.